The number of halogens is 1. The van der Waals surface area contributed by atoms with Crippen LogP contribution < -0.4 is 5.32 Å². The molecule has 31 heavy (non-hydrogen) atoms. The number of pyridine rings is 2. The molecule has 4 rings (SSSR count). The first kappa shape index (κ1) is 20.3. The lowest BCUT2D eigenvalue weighted by Gasteiger charge is -2.12. The Hall–Kier alpha value is -4.01. The molecule has 1 aromatic carbocycles. The number of nitrogens with one attached hydrogen (secondary N) is 1. The minimum atomic E-state index is -0.609. The molecule has 3 aromatic heterocycles. The van der Waals surface area contributed by atoms with Gasteiger partial charge in [-0.05, 0) is 72.7 Å². The van der Waals surface area contributed by atoms with E-state index in [9.17, 15) is 9.18 Å². The van der Waals surface area contributed by atoms with Crippen LogP contribution in [-0.2, 0) is 0 Å². The molecule has 1 amide bonds. The number of aryl methyl sites for hydroxylation is 1. The number of hydrogen-bond acceptors (Lipinski definition) is 6. The van der Waals surface area contributed by atoms with E-state index in [0.717, 1.165) is 11.1 Å². The molecule has 0 bridgehead atoms. The van der Waals surface area contributed by atoms with Crippen LogP contribution in [0.15, 0.2) is 54.9 Å². The predicted molar refractivity (Wildman–Crippen MR) is 114 cm³/mol. The summed E-state index contributed by atoms with van der Waals surface area (Å²) in [6, 6.07) is 11.7. The molecule has 9 heteroatoms. The van der Waals surface area contributed by atoms with Gasteiger partial charge in [0.15, 0.2) is 0 Å². The Kier molecular flexibility index (Phi) is 5.48. The van der Waals surface area contributed by atoms with Crippen LogP contribution in [0.3, 0.4) is 0 Å². The fraction of sp³-hybridized carbons (Fsp3) is 0.182. The van der Waals surface area contributed by atoms with Gasteiger partial charge in [-0.25, -0.2) is 14.1 Å². The highest BCUT2D eigenvalue weighted by Gasteiger charge is 2.18. The summed E-state index contributed by atoms with van der Waals surface area (Å²) in [6.45, 7) is 5.69. The van der Waals surface area contributed by atoms with Crippen molar-refractivity contribution >= 4 is 11.7 Å². The van der Waals surface area contributed by atoms with E-state index < -0.39 is 11.7 Å². The van der Waals surface area contributed by atoms with Crippen molar-refractivity contribution in [3.8, 4) is 22.6 Å². The third-order valence-corrected chi connectivity index (χ3v) is 4.73. The van der Waals surface area contributed by atoms with Gasteiger partial charge in [-0.3, -0.25) is 9.78 Å². The molecule has 0 saturated carbocycles. The molecule has 0 fully saturated rings. The second-order valence-electron chi connectivity index (χ2n) is 7.29. The number of carbonyl (C=O) groups is 1. The van der Waals surface area contributed by atoms with Gasteiger partial charge in [0, 0.05) is 18.0 Å². The Morgan fingerprint density at radius 3 is 2.74 bits per heavy atom. The average Bonchev–Trinajstić information content (AvgIpc) is 3.25. The normalized spacial score (nSPS) is 11.0. The van der Waals surface area contributed by atoms with Crippen molar-refractivity contribution in [2.45, 2.75) is 26.8 Å². The summed E-state index contributed by atoms with van der Waals surface area (Å²) in [6.07, 6.45) is 3.33. The summed E-state index contributed by atoms with van der Waals surface area (Å²) in [5.74, 6) is -0.464. The summed E-state index contributed by atoms with van der Waals surface area (Å²) in [5, 5.41) is 14.3. The van der Waals surface area contributed by atoms with Gasteiger partial charge < -0.3 is 5.32 Å². The molecule has 4 aromatic rings. The summed E-state index contributed by atoms with van der Waals surface area (Å²) in [5.41, 5.74) is 2.66. The van der Waals surface area contributed by atoms with Gasteiger partial charge in [0.1, 0.15) is 17.3 Å². The number of tetrazole rings is 1. The quantitative estimate of drug-likeness (QED) is 0.525. The van der Waals surface area contributed by atoms with Crippen LogP contribution in [-0.4, -0.2) is 36.1 Å². The van der Waals surface area contributed by atoms with Gasteiger partial charge in [-0.2, -0.15) is 0 Å². The number of rotatable bonds is 5. The Labute approximate surface area is 178 Å². The van der Waals surface area contributed by atoms with E-state index >= 15 is 0 Å². The lowest BCUT2D eigenvalue weighted by molar-refractivity contribution is 0.102. The number of hydrogen-bond donors (Lipinski definition) is 1. The molecule has 3 heterocycles. The Balaban J connectivity index is 1.64. The number of nitrogens with zero attached hydrogens (tertiary/aromatic N) is 6. The van der Waals surface area contributed by atoms with E-state index in [1.807, 2.05) is 19.9 Å². The predicted octanol–water partition coefficient (Wildman–Crippen LogP) is 4.08. The van der Waals surface area contributed by atoms with E-state index in [4.69, 9.17) is 0 Å². The van der Waals surface area contributed by atoms with Crippen LogP contribution in [0, 0.1) is 12.7 Å². The standard InChI is InChI=1S/C22H20FN7O/c1-13(2)30-21(27-28-29-30)19-7-4-8-20(25-19)26-22(31)17-11-16(14(3)10-18(17)23)15-6-5-9-24-12-15/h4-13H,1-3H3,(H,25,26,31). The molecule has 0 radical (unpaired) electrons. The number of carbonyl (C=O) groups excluding carboxylic acids is 1. The van der Waals surface area contributed by atoms with Gasteiger partial charge in [0.05, 0.1) is 11.6 Å². The maximum Gasteiger partial charge on any atom is 0.259 e. The molecule has 0 spiro atoms. The third-order valence-electron chi connectivity index (χ3n) is 4.73. The van der Waals surface area contributed by atoms with E-state index in [0.29, 0.717) is 17.1 Å². The minimum absolute atomic E-state index is 0.0394. The molecule has 8 nitrogen and oxygen atoms in total. The SMILES string of the molecule is Cc1cc(F)c(C(=O)Nc2cccc(-c3nnnn3C(C)C)n2)cc1-c1cccnc1. The van der Waals surface area contributed by atoms with Crippen molar-refractivity contribution in [1.82, 2.24) is 30.2 Å². The van der Waals surface area contributed by atoms with Gasteiger partial charge in [-0.1, -0.05) is 12.1 Å². The first-order chi connectivity index (χ1) is 14.9. The van der Waals surface area contributed by atoms with Crippen LogP contribution in [0.1, 0.15) is 35.8 Å². The topological polar surface area (TPSA) is 98.5 Å². The third kappa shape index (κ3) is 4.16. The smallest absolute Gasteiger partial charge is 0.259 e. The highest BCUT2D eigenvalue weighted by molar-refractivity contribution is 6.05. The zero-order valence-electron chi connectivity index (χ0n) is 17.2. The molecule has 0 unspecified atom stereocenters. The summed E-state index contributed by atoms with van der Waals surface area (Å²) in [7, 11) is 0. The molecular formula is C22H20FN7O. The zero-order chi connectivity index (χ0) is 22.0. The van der Waals surface area contributed by atoms with Crippen molar-refractivity contribution in [2.24, 2.45) is 0 Å². The zero-order valence-corrected chi connectivity index (χ0v) is 17.2. The number of benzene rings is 1. The Morgan fingerprint density at radius 2 is 2.00 bits per heavy atom. The molecular weight excluding hydrogens is 397 g/mol. The van der Waals surface area contributed by atoms with Crippen LogP contribution in [0.4, 0.5) is 10.2 Å². The molecule has 0 saturated heterocycles. The monoisotopic (exact) mass is 417 g/mol. The first-order valence-electron chi connectivity index (χ1n) is 9.71. The molecule has 0 aliphatic carbocycles. The van der Waals surface area contributed by atoms with E-state index in [1.54, 1.807) is 48.3 Å². The maximum atomic E-state index is 14.6. The van der Waals surface area contributed by atoms with Crippen molar-refractivity contribution < 1.29 is 9.18 Å². The van der Waals surface area contributed by atoms with Crippen LogP contribution in [0.25, 0.3) is 22.6 Å². The van der Waals surface area contributed by atoms with Gasteiger partial charge in [-0.15, -0.1) is 5.10 Å². The van der Waals surface area contributed by atoms with E-state index in [2.05, 4.69) is 30.8 Å². The Morgan fingerprint density at radius 1 is 1.16 bits per heavy atom. The molecule has 0 aliphatic heterocycles. The van der Waals surface area contributed by atoms with Crippen LogP contribution >= 0.6 is 0 Å². The highest BCUT2D eigenvalue weighted by Crippen LogP contribution is 2.26. The van der Waals surface area contributed by atoms with E-state index in [-0.39, 0.29) is 17.4 Å². The molecule has 1 N–H and O–H groups in total. The highest BCUT2D eigenvalue weighted by atomic mass is 19.1. The Bertz CT molecular complexity index is 1240. The van der Waals surface area contributed by atoms with Crippen LogP contribution in [0.5, 0.6) is 0 Å². The lowest BCUT2D eigenvalue weighted by atomic mass is 9.98. The second-order valence-corrected chi connectivity index (χ2v) is 7.29. The largest absolute Gasteiger partial charge is 0.306 e. The number of anilines is 1. The van der Waals surface area contributed by atoms with Gasteiger partial charge in [0.25, 0.3) is 5.91 Å². The molecule has 0 aliphatic rings. The number of aromatic nitrogens is 6. The van der Waals surface area contributed by atoms with Crippen LogP contribution in [0.2, 0.25) is 0 Å². The fourth-order valence-electron chi connectivity index (χ4n) is 3.20. The molecule has 0 atom stereocenters. The van der Waals surface area contributed by atoms with E-state index in [1.165, 1.54) is 12.1 Å². The summed E-state index contributed by atoms with van der Waals surface area (Å²) < 4.78 is 16.2. The summed E-state index contributed by atoms with van der Waals surface area (Å²) >= 11 is 0. The minimum Gasteiger partial charge on any atom is -0.306 e. The second kappa shape index (κ2) is 8.39. The van der Waals surface area contributed by atoms with Crippen molar-refractivity contribution in [1.29, 1.82) is 0 Å². The average molecular weight is 417 g/mol. The lowest BCUT2D eigenvalue weighted by Crippen LogP contribution is -2.15. The maximum absolute atomic E-state index is 14.6. The first-order valence-corrected chi connectivity index (χ1v) is 9.71. The van der Waals surface area contributed by atoms with Crippen molar-refractivity contribution in [3.05, 3.63) is 71.8 Å². The summed E-state index contributed by atoms with van der Waals surface area (Å²) in [4.78, 5) is 21.4. The number of amides is 1. The van der Waals surface area contributed by atoms with Gasteiger partial charge in [0.2, 0.25) is 5.82 Å². The molecule has 156 valence electrons. The fourth-order valence-corrected chi connectivity index (χ4v) is 3.20. The van der Waals surface area contributed by atoms with Crippen molar-refractivity contribution in [3.63, 3.8) is 0 Å². The van der Waals surface area contributed by atoms with Crippen molar-refractivity contribution in [2.75, 3.05) is 5.32 Å². The van der Waals surface area contributed by atoms with Gasteiger partial charge >= 0.3 is 0 Å².